The number of methoxy groups -OCH3 is 3. The van der Waals surface area contributed by atoms with Crippen molar-refractivity contribution in [2.75, 3.05) is 33.3 Å². The van der Waals surface area contributed by atoms with Crippen LogP contribution in [-0.2, 0) is 4.79 Å². The summed E-state index contributed by atoms with van der Waals surface area (Å²) in [6.45, 7) is 1.86. The van der Waals surface area contributed by atoms with Gasteiger partial charge in [0.05, 0.1) is 21.3 Å². The number of aromatic nitrogens is 1. The molecule has 0 aliphatic carbocycles. The lowest BCUT2D eigenvalue weighted by molar-refractivity contribution is -0.118. The number of nitrogens with zero attached hydrogens (tertiary/aromatic N) is 1. The zero-order valence-electron chi connectivity index (χ0n) is 18.8. The molecule has 8 nitrogen and oxygen atoms in total. The molecule has 170 valence electrons. The minimum atomic E-state index is -0.274. The van der Waals surface area contributed by atoms with E-state index in [9.17, 15) is 4.79 Å². The number of hydrogen-bond acceptors (Lipinski definition) is 7. The number of rotatable bonds is 8. The van der Waals surface area contributed by atoms with Crippen LogP contribution in [0.1, 0.15) is 5.56 Å². The molecule has 0 saturated carbocycles. The van der Waals surface area contributed by atoms with Gasteiger partial charge in [-0.15, -0.1) is 0 Å². The van der Waals surface area contributed by atoms with E-state index in [-0.39, 0.29) is 12.5 Å². The molecule has 4 aromatic rings. The Labute approximate surface area is 191 Å². The Bertz CT molecular complexity index is 1270. The van der Waals surface area contributed by atoms with Crippen LogP contribution in [0.4, 0.5) is 5.69 Å². The highest BCUT2D eigenvalue weighted by Crippen LogP contribution is 2.41. The van der Waals surface area contributed by atoms with Crippen LogP contribution in [0.5, 0.6) is 23.0 Å². The third-order valence-electron chi connectivity index (χ3n) is 4.94. The van der Waals surface area contributed by atoms with Gasteiger partial charge in [0.2, 0.25) is 11.6 Å². The van der Waals surface area contributed by atoms with E-state index >= 15 is 0 Å². The van der Waals surface area contributed by atoms with E-state index < -0.39 is 0 Å². The minimum Gasteiger partial charge on any atom is -0.493 e. The van der Waals surface area contributed by atoms with Crippen molar-refractivity contribution in [2.24, 2.45) is 0 Å². The summed E-state index contributed by atoms with van der Waals surface area (Å²) in [5.74, 6) is 2.23. The van der Waals surface area contributed by atoms with Crippen molar-refractivity contribution < 1.29 is 28.2 Å². The second kappa shape index (κ2) is 9.52. The third kappa shape index (κ3) is 4.85. The Morgan fingerprint density at radius 1 is 0.970 bits per heavy atom. The van der Waals surface area contributed by atoms with Gasteiger partial charge < -0.3 is 28.7 Å². The normalized spacial score (nSPS) is 10.7. The number of anilines is 1. The first-order chi connectivity index (χ1) is 16.0. The van der Waals surface area contributed by atoms with E-state index in [1.54, 1.807) is 51.7 Å². The largest absolute Gasteiger partial charge is 0.493 e. The van der Waals surface area contributed by atoms with Gasteiger partial charge in [0.15, 0.2) is 23.7 Å². The SMILES string of the molecule is COc1cc(-c2nc3cc(NC(=O)COc4cccc(C)c4)ccc3o2)cc(OC)c1OC. The molecule has 0 aliphatic heterocycles. The van der Waals surface area contributed by atoms with Crippen LogP contribution in [0.25, 0.3) is 22.6 Å². The summed E-state index contributed by atoms with van der Waals surface area (Å²) in [6, 6.07) is 16.3. The third-order valence-corrected chi connectivity index (χ3v) is 4.94. The predicted octanol–water partition coefficient (Wildman–Crippen LogP) is 4.85. The second-order valence-corrected chi connectivity index (χ2v) is 7.27. The zero-order chi connectivity index (χ0) is 23.4. The molecular weight excluding hydrogens is 424 g/mol. The minimum absolute atomic E-state index is 0.100. The number of ether oxygens (including phenoxy) is 4. The predicted molar refractivity (Wildman–Crippen MR) is 124 cm³/mol. The van der Waals surface area contributed by atoms with Crippen LogP contribution in [0, 0.1) is 6.92 Å². The van der Waals surface area contributed by atoms with Gasteiger partial charge in [-0.05, 0) is 55.0 Å². The number of oxazole rings is 1. The Balaban J connectivity index is 1.52. The molecule has 1 aromatic heterocycles. The van der Waals surface area contributed by atoms with Crippen molar-refractivity contribution in [3.8, 4) is 34.5 Å². The number of benzene rings is 3. The van der Waals surface area contributed by atoms with Gasteiger partial charge in [0, 0.05) is 11.3 Å². The zero-order valence-corrected chi connectivity index (χ0v) is 18.8. The van der Waals surface area contributed by atoms with Crippen molar-refractivity contribution >= 4 is 22.7 Å². The smallest absolute Gasteiger partial charge is 0.262 e. The van der Waals surface area contributed by atoms with Gasteiger partial charge in [0.1, 0.15) is 11.3 Å². The van der Waals surface area contributed by atoms with Gasteiger partial charge in [-0.25, -0.2) is 4.98 Å². The number of nitrogens with one attached hydrogen (secondary N) is 1. The Morgan fingerprint density at radius 2 is 1.73 bits per heavy atom. The van der Waals surface area contributed by atoms with E-state index in [1.807, 2.05) is 31.2 Å². The van der Waals surface area contributed by atoms with E-state index in [0.717, 1.165) is 5.56 Å². The summed E-state index contributed by atoms with van der Waals surface area (Å²) in [4.78, 5) is 16.9. The molecule has 0 aliphatic rings. The molecular formula is C25H24N2O6. The summed E-state index contributed by atoms with van der Waals surface area (Å²) >= 11 is 0. The molecule has 0 bridgehead atoms. The summed E-state index contributed by atoms with van der Waals surface area (Å²) in [7, 11) is 4.64. The average Bonchev–Trinajstić information content (AvgIpc) is 3.25. The van der Waals surface area contributed by atoms with Crippen LogP contribution >= 0.6 is 0 Å². The van der Waals surface area contributed by atoms with Gasteiger partial charge in [-0.3, -0.25) is 4.79 Å². The first-order valence-corrected chi connectivity index (χ1v) is 10.2. The first-order valence-electron chi connectivity index (χ1n) is 10.2. The molecule has 4 rings (SSSR count). The lowest BCUT2D eigenvalue weighted by Crippen LogP contribution is -2.20. The summed E-state index contributed by atoms with van der Waals surface area (Å²) in [5.41, 5.74) is 3.49. The number of carbonyl (C=O) groups is 1. The Morgan fingerprint density at radius 3 is 2.39 bits per heavy atom. The fraction of sp³-hybridized carbons (Fsp3) is 0.200. The molecule has 0 unspecified atom stereocenters. The Hall–Kier alpha value is -4.20. The number of carbonyl (C=O) groups excluding carboxylic acids is 1. The van der Waals surface area contributed by atoms with Crippen molar-refractivity contribution in [3.05, 3.63) is 60.2 Å². The van der Waals surface area contributed by atoms with E-state index in [2.05, 4.69) is 10.3 Å². The van der Waals surface area contributed by atoms with Gasteiger partial charge in [-0.1, -0.05) is 12.1 Å². The standard InChI is InChI=1S/C25H24N2O6/c1-15-6-5-7-18(10-15)32-14-23(28)26-17-8-9-20-19(13-17)27-25(33-20)16-11-21(29-2)24(31-4)22(12-16)30-3/h5-13H,14H2,1-4H3,(H,26,28). The lowest BCUT2D eigenvalue weighted by Gasteiger charge is -2.12. The number of aryl methyl sites for hydroxylation is 1. The molecule has 0 radical (unpaired) electrons. The molecule has 33 heavy (non-hydrogen) atoms. The van der Waals surface area contributed by atoms with Crippen molar-refractivity contribution in [2.45, 2.75) is 6.92 Å². The lowest BCUT2D eigenvalue weighted by atomic mass is 10.2. The van der Waals surface area contributed by atoms with Crippen molar-refractivity contribution in [3.63, 3.8) is 0 Å². The molecule has 0 spiro atoms. The molecule has 1 amide bonds. The van der Waals surface area contributed by atoms with E-state index in [4.69, 9.17) is 23.4 Å². The number of fused-ring (bicyclic) bond motifs is 1. The molecule has 0 saturated heterocycles. The highest BCUT2D eigenvalue weighted by Gasteiger charge is 2.17. The fourth-order valence-electron chi connectivity index (χ4n) is 3.38. The maximum atomic E-state index is 12.3. The van der Waals surface area contributed by atoms with Crippen LogP contribution in [0.15, 0.2) is 59.0 Å². The summed E-state index contributed by atoms with van der Waals surface area (Å²) in [5, 5.41) is 2.82. The van der Waals surface area contributed by atoms with Gasteiger partial charge in [-0.2, -0.15) is 0 Å². The monoisotopic (exact) mass is 448 g/mol. The maximum Gasteiger partial charge on any atom is 0.262 e. The van der Waals surface area contributed by atoms with Crippen LogP contribution in [0.2, 0.25) is 0 Å². The maximum absolute atomic E-state index is 12.3. The van der Waals surface area contributed by atoms with E-state index in [1.165, 1.54) is 0 Å². The number of hydrogen-bond donors (Lipinski definition) is 1. The quantitative estimate of drug-likeness (QED) is 0.412. The molecule has 0 atom stereocenters. The van der Waals surface area contributed by atoms with E-state index in [0.29, 0.717) is 51.2 Å². The van der Waals surface area contributed by atoms with Crippen LogP contribution in [0.3, 0.4) is 0 Å². The average molecular weight is 448 g/mol. The molecule has 1 heterocycles. The second-order valence-electron chi connectivity index (χ2n) is 7.27. The van der Waals surface area contributed by atoms with Gasteiger partial charge >= 0.3 is 0 Å². The topological polar surface area (TPSA) is 92.1 Å². The van der Waals surface area contributed by atoms with Crippen LogP contribution in [-0.4, -0.2) is 38.8 Å². The van der Waals surface area contributed by atoms with Crippen molar-refractivity contribution in [1.29, 1.82) is 0 Å². The highest BCUT2D eigenvalue weighted by molar-refractivity contribution is 5.94. The van der Waals surface area contributed by atoms with Crippen molar-refractivity contribution in [1.82, 2.24) is 4.98 Å². The summed E-state index contributed by atoms with van der Waals surface area (Å²) in [6.07, 6.45) is 0. The summed E-state index contributed by atoms with van der Waals surface area (Å²) < 4.78 is 27.6. The molecule has 8 heteroatoms. The molecule has 1 N–H and O–H groups in total. The molecule has 3 aromatic carbocycles. The molecule has 0 fully saturated rings. The Kier molecular flexibility index (Phi) is 6.35. The van der Waals surface area contributed by atoms with Gasteiger partial charge in [0.25, 0.3) is 5.91 Å². The van der Waals surface area contributed by atoms with Crippen LogP contribution < -0.4 is 24.3 Å². The highest BCUT2D eigenvalue weighted by atomic mass is 16.5. The first kappa shape index (κ1) is 22.0. The number of amides is 1. The fourth-order valence-corrected chi connectivity index (χ4v) is 3.38.